The van der Waals surface area contributed by atoms with Gasteiger partial charge in [0.15, 0.2) is 0 Å². The van der Waals surface area contributed by atoms with E-state index in [2.05, 4.69) is 14.8 Å². The molecule has 4 nitrogen and oxygen atoms in total. The fourth-order valence-electron chi connectivity index (χ4n) is 2.56. The Morgan fingerprint density at radius 2 is 2.10 bits per heavy atom. The van der Waals surface area contributed by atoms with Gasteiger partial charge in [-0.3, -0.25) is 0 Å². The molecule has 1 aliphatic rings. The molecule has 3 rings (SSSR count). The van der Waals surface area contributed by atoms with Crippen molar-refractivity contribution in [1.82, 2.24) is 14.8 Å². The number of fused-ring (bicyclic) bond motifs is 1. The molecule has 0 unspecified atom stereocenters. The van der Waals surface area contributed by atoms with Crippen molar-refractivity contribution in [3.05, 3.63) is 39.9 Å². The first-order valence-electron chi connectivity index (χ1n) is 7.23. The molecule has 0 atom stereocenters. The number of hydrogen-bond acceptors (Lipinski definition) is 3. The number of nitrogens with zero attached hydrogens (tertiary/aromatic N) is 3. The molecule has 0 spiro atoms. The molecule has 112 valence electrons. The van der Waals surface area contributed by atoms with Crippen LogP contribution in [0.4, 0.5) is 0 Å². The lowest BCUT2D eigenvalue weighted by Crippen LogP contribution is -2.13. The number of halogens is 2. The summed E-state index contributed by atoms with van der Waals surface area (Å²) in [5.41, 5.74) is 0. The molecule has 6 heteroatoms. The van der Waals surface area contributed by atoms with Crippen LogP contribution in [-0.2, 0) is 19.4 Å². The maximum atomic E-state index is 6.07. The summed E-state index contributed by atoms with van der Waals surface area (Å²) in [5, 5.41) is 9.70. The molecule has 0 N–H and O–H groups in total. The zero-order valence-electron chi connectivity index (χ0n) is 11.7. The highest BCUT2D eigenvalue weighted by Gasteiger charge is 2.15. The highest BCUT2D eigenvalue weighted by molar-refractivity contribution is 6.35. The highest BCUT2D eigenvalue weighted by atomic mass is 35.5. The van der Waals surface area contributed by atoms with Gasteiger partial charge in [0.2, 0.25) is 0 Å². The van der Waals surface area contributed by atoms with E-state index in [-0.39, 0.29) is 0 Å². The highest BCUT2D eigenvalue weighted by Crippen LogP contribution is 2.27. The second-order valence-corrected chi connectivity index (χ2v) is 6.01. The first-order valence-corrected chi connectivity index (χ1v) is 7.98. The van der Waals surface area contributed by atoms with Gasteiger partial charge in [-0.15, -0.1) is 10.2 Å². The summed E-state index contributed by atoms with van der Waals surface area (Å²) in [7, 11) is 0. The van der Waals surface area contributed by atoms with Crippen LogP contribution in [0.1, 0.15) is 30.9 Å². The number of benzene rings is 1. The Bertz CT molecular complexity index is 627. The smallest absolute Gasteiger partial charge is 0.137 e. The number of aromatic nitrogens is 3. The third-order valence-corrected chi connectivity index (χ3v) is 4.16. The van der Waals surface area contributed by atoms with Crippen molar-refractivity contribution in [2.24, 2.45) is 0 Å². The van der Waals surface area contributed by atoms with Crippen LogP contribution >= 0.6 is 23.2 Å². The summed E-state index contributed by atoms with van der Waals surface area (Å²) in [4.78, 5) is 0. The van der Waals surface area contributed by atoms with Crippen LogP contribution in [0.2, 0.25) is 10.0 Å². The topological polar surface area (TPSA) is 39.9 Å². The number of hydrogen-bond donors (Lipinski definition) is 0. The monoisotopic (exact) mass is 325 g/mol. The first kappa shape index (κ1) is 14.7. The van der Waals surface area contributed by atoms with Crippen molar-refractivity contribution < 1.29 is 4.74 Å². The average molecular weight is 326 g/mol. The number of ether oxygens (including phenoxy) is 1. The molecule has 1 aromatic carbocycles. The molecular weight excluding hydrogens is 309 g/mol. The Balaban J connectivity index is 1.51. The zero-order chi connectivity index (χ0) is 14.7. The zero-order valence-corrected chi connectivity index (χ0v) is 13.2. The largest absolute Gasteiger partial charge is 0.492 e. The quantitative estimate of drug-likeness (QED) is 0.782. The third kappa shape index (κ3) is 3.50. The fraction of sp³-hybridized carbons (Fsp3) is 0.467. The molecule has 1 aromatic heterocycles. The Morgan fingerprint density at radius 3 is 2.95 bits per heavy atom. The summed E-state index contributed by atoms with van der Waals surface area (Å²) in [5.74, 6) is 2.86. The Hall–Kier alpha value is -1.26. The van der Waals surface area contributed by atoms with Gasteiger partial charge in [-0.1, -0.05) is 23.2 Å². The van der Waals surface area contributed by atoms with Gasteiger partial charge in [0.05, 0.1) is 11.6 Å². The van der Waals surface area contributed by atoms with Gasteiger partial charge in [0.1, 0.15) is 17.4 Å². The van der Waals surface area contributed by atoms with Crippen LogP contribution in [0.15, 0.2) is 18.2 Å². The Kier molecular flexibility index (Phi) is 4.66. The molecular formula is C15H17Cl2N3O. The van der Waals surface area contributed by atoms with Gasteiger partial charge in [0.25, 0.3) is 0 Å². The molecule has 0 bridgehead atoms. The summed E-state index contributed by atoms with van der Waals surface area (Å²) in [6.07, 6.45) is 5.24. The minimum atomic E-state index is 0.544. The maximum Gasteiger partial charge on any atom is 0.137 e. The van der Waals surface area contributed by atoms with Crippen molar-refractivity contribution in [3.63, 3.8) is 0 Å². The minimum Gasteiger partial charge on any atom is -0.492 e. The minimum absolute atomic E-state index is 0.544. The van der Waals surface area contributed by atoms with Crippen LogP contribution in [0.5, 0.6) is 5.75 Å². The standard InChI is InChI=1S/C15H17Cl2N3O/c16-11-6-7-13(12(17)10-11)21-9-3-5-15-19-18-14-4-1-2-8-20(14)15/h6-7,10H,1-5,8-9H2. The molecule has 1 aliphatic heterocycles. The van der Waals surface area contributed by atoms with Gasteiger partial charge in [-0.05, 0) is 37.5 Å². The second kappa shape index (κ2) is 6.67. The lowest BCUT2D eigenvalue weighted by molar-refractivity contribution is 0.309. The van der Waals surface area contributed by atoms with Gasteiger partial charge in [0, 0.05) is 24.4 Å². The third-order valence-electron chi connectivity index (χ3n) is 3.63. The first-order chi connectivity index (χ1) is 10.2. The summed E-state index contributed by atoms with van der Waals surface area (Å²) in [6.45, 7) is 1.64. The van der Waals surface area contributed by atoms with E-state index in [0.717, 1.165) is 37.5 Å². The molecule has 0 saturated heterocycles. The lowest BCUT2D eigenvalue weighted by atomic mass is 10.1. The van der Waals surface area contributed by atoms with E-state index in [1.165, 1.54) is 12.8 Å². The molecule has 0 amide bonds. The second-order valence-electron chi connectivity index (χ2n) is 5.17. The van der Waals surface area contributed by atoms with Crippen molar-refractivity contribution in [2.45, 2.75) is 38.6 Å². The van der Waals surface area contributed by atoms with Crippen LogP contribution < -0.4 is 4.74 Å². The van der Waals surface area contributed by atoms with Crippen molar-refractivity contribution in [1.29, 1.82) is 0 Å². The van der Waals surface area contributed by atoms with Crippen molar-refractivity contribution >= 4 is 23.2 Å². The maximum absolute atomic E-state index is 6.07. The normalized spacial score (nSPS) is 14.0. The van der Waals surface area contributed by atoms with Crippen LogP contribution in [0.25, 0.3) is 0 Å². The van der Waals surface area contributed by atoms with E-state index in [1.807, 2.05) is 0 Å². The van der Waals surface area contributed by atoms with Gasteiger partial charge < -0.3 is 9.30 Å². The Morgan fingerprint density at radius 1 is 1.19 bits per heavy atom. The molecule has 0 saturated carbocycles. The number of aryl methyl sites for hydroxylation is 2. The molecule has 21 heavy (non-hydrogen) atoms. The van der Waals surface area contributed by atoms with E-state index in [4.69, 9.17) is 27.9 Å². The molecule has 2 aromatic rings. The summed E-state index contributed by atoms with van der Waals surface area (Å²) < 4.78 is 7.93. The fourth-order valence-corrected chi connectivity index (χ4v) is 3.02. The lowest BCUT2D eigenvalue weighted by Gasteiger charge is -2.14. The van der Waals surface area contributed by atoms with Crippen LogP contribution in [0, 0.1) is 0 Å². The van der Waals surface area contributed by atoms with Crippen LogP contribution in [0.3, 0.4) is 0 Å². The summed E-state index contributed by atoms with van der Waals surface area (Å²) >= 11 is 11.9. The number of rotatable bonds is 5. The van der Waals surface area contributed by atoms with Gasteiger partial charge in [-0.25, -0.2) is 0 Å². The van der Waals surface area contributed by atoms with Crippen molar-refractivity contribution in [3.8, 4) is 5.75 Å². The average Bonchev–Trinajstić information content (AvgIpc) is 2.89. The van der Waals surface area contributed by atoms with Gasteiger partial charge >= 0.3 is 0 Å². The summed E-state index contributed by atoms with van der Waals surface area (Å²) in [6, 6.07) is 5.26. The molecule has 0 aliphatic carbocycles. The van der Waals surface area contributed by atoms with E-state index >= 15 is 0 Å². The molecule has 2 heterocycles. The molecule has 0 radical (unpaired) electrons. The van der Waals surface area contributed by atoms with E-state index in [0.29, 0.717) is 22.4 Å². The van der Waals surface area contributed by atoms with E-state index in [1.54, 1.807) is 18.2 Å². The SMILES string of the molecule is Clc1ccc(OCCCc2nnc3n2CCCC3)c(Cl)c1. The van der Waals surface area contributed by atoms with Gasteiger partial charge in [-0.2, -0.15) is 0 Å². The van der Waals surface area contributed by atoms with Crippen LogP contribution in [-0.4, -0.2) is 21.4 Å². The van der Waals surface area contributed by atoms with E-state index in [9.17, 15) is 0 Å². The van der Waals surface area contributed by atoms with E-state index < -0.39 is 0 Å². The molecule has 0 fully saturated rings. The predicted molar refractivity (Wildman–Crippen MR) is 83.2 cm³/mol. The Labute approximate surface area is 134 Å². The van der Waals surface area contributed by atoms with Crippen molar-refractivity contribution in [2.75, 3.05) is 6.61 Å². The predicted octanol–water partition coefficient (Wildman–Crippen LogP) is 3.93.